The smallest absolute Gasteiger partial charge is 0.244 e. The van der Waals surface area contributed by atoms with Gasteiger partial charge in [0, 0.05) is 54.2 Å². The SMILES string of the molecule is O=C1CCC(=O)N1Cl.[Na]. The molecule has 45 valence electrons. The number of carbonyl (C=O) groups excluding carboxylic acids is 2. The van der Waals surface area contributed by atoms with Crippen molar-refractivity contribution in [1.82, 2.24) is 4.42 Å². The van der Waals surface area contributed by atoms with E-state index in [9.17, 15) is 9.59 Å². The number of imide groups is 1. The molecule has 1 rings (SSSR count). The minimum absolute atomic E-state index is 0. The van der Waals surface area contributed by atoms with Crippen molar-refractivity contribution >= 4 is 53.1 Å². The molecule has 0 aliphatic carbocycles. The second-order valence-corrected chi connectivity index (χ2v) is 1.91. The van der Waals surface area contributed by atoms with Gasteiger partial charge in [0.05, 0.1) is 0 Å². The molecule has 1 heterocycles. The van der Waals surface area contributed by atoms with E-state index in [0.29, 0.717) is 4.42 Å². The molecule has 0 aromatic rings. The number of carbonyl (C=O) groups is 2. The van der Waals surface area contributed by atoms with E-state index in [4.69, 9.17) is 11.8 Å². The monoisotopic (exact) mass is 156 g/mol. The van der Waals surface area contributed by atoms with Crippen LogP contribution in [0.2, 0.25) is 0 Å². The Kier molecular flexibility index (Phi) is 3.73. The van der Waals surface area contributed by atoms with E-state index in [-0.39, 0.29) is 54.2 Å². The van der Waals surface area contributed by atoms with Crippen molar-refractivity contribution in [3.63, 3.8) is 0 Å². The number of halogens is 1. The van der Waals surface area contributed by atoms with Gasteiger partial charge in [-0.05, 0) is 0 Å². The fourth-order valence-corrected chi connectivity index (χ4v) is 0.718. The first kappa shape index (κ1) is 9.43. The van der Waals surface area contributed by atoms with Crippen LogP contribution < -0.4 is 0 Å². The van der Waals surface area contributed by atoms with E-state index in [2.05, 4.69) is 0 Å². The van der Waals surface area contributed by atoms with Crippen LogP contribution in [0.3, 0.4) is 0 Å². The normalized spacial score (nSPS) is 18.1. The predicted molar refractivity (Wildman–Crippen MR) is 32.7 cm³/mol. The molecule has 1 saturated heterocycles. The van der Waals surface area contributed by atoms with Crippen molar-refractivity contribution in [3.05, 3.63) is 0 Å². The van der Waals surface area contributed by atoms with Gasteiger partial charge in [-0.25, -0.2) is 0 Å². The largest absolute Gasteiger partial charge is 0.273 e. The summed E-state index contributed by atoms with van der Waals surface area (Å²) in [6.45, 7) is 0. The minimum Gasteiger partial charge on any atom is -0.273 e. The molecular formula is C4H4ClNNaO2. The molecule has 0 atom stereocenters. The molecule has 2 amide bonds. The van der Waals surface area contributed by atoms with Crippen LogP contribution in [0.5, 0.6) is 0 Å². The van der Waals surface area contributed by atoms with E-state index in [1.54, 1.807) is 0 Å². The predicted octanol–water partition coefficient (Wildman–Crippen LogP) is -0.0916. The van der Waals surface area contributed by atoms with Crippen LogP contribution in [0.1, 0.15) is 12.8 Å². The first-order valence-electron chi connectivity index (χ1n) is 2.23. The van der Waals surface area contributed by atoms with Gasteiger partial charge >= 0.3 is 0 Å². The Morgan fingerprint density at radius 1 is 1.22 bits per heavy atom. The molecule has 3 nitrogen and oxygen atoms in total. The van der Waals surface area contributed by atoms with Crippen LogP contribution in [-0.2, 0) is 9.59 Å². The summed E-state index contributed by atoms with van der Waals surface area (Å²) in [5.41, 5.74) is 0. The van der Waals surface area contributed by atoms with E-state index < -0.39 is 0 Å². The van der Waals surface area contributed by atoms with Crippen LogP contribution in [0.25, 0.3) is 0 Å². The molecule has 0 N–H and O–H groups in total. The Labute approximate surface area is 79.7 Å². The van der Waals surface area contributed by atoms with Crippen LogP contribution in [0.4, 0.5) is 0 Å². The van der Waals surface area contributed by atoms with Gasteiger partial charge in [-0.15, -0.1) is 0 Å². The zero-order valence-corrected chi connectivity index (χ0v) is 7.81. The minimum atomic E-state index is -0.295. The zero-order valence-electron chi connectivity index (χ0n) is 5.06. The van der Waals surface area contributed by atoms with Gasteiger partial charge in [0.2, 0.25) is 11.8 Å². The Bertz CT molecular complexity index is 134. The quantitative estimate of drug-likeness (QED) is 0.279. The molecular weight excluding hydrogens is 152 g/mol. The van der Waals surface area contributed by atoms with Crippen molar-refractivity contribution in [2.24, 2.45) is 0 Å². The summed E-state index contributed by atoms with van der Waals surface area (Å²) in [6, 6.07) is 0. The van der Waals surface area contributed by atoms with Crippen molar-refractivity contribution in [3.8, 4) is 0 Å². The van der Waals surface area contributed by atoms with Crippen molar-refractivity contribution in [1.29, 1.82) is 0 Å². The van der Waals surface area contributed by atoms with Gasteiger partial charge in [-0.2, -0.15) is 4.42 Å². The third-order valence-corrected chi connectivity index (χ3v) is 1.37. The summed E-state index contributed by atoms with van der Waals surface area (Å²) in [4.78, 5) is 20.7. The molecule has 0 aromatic heterocycles. The molecule has 5 heteroatoms. The third kappa shape index (κ3) is 1.93. The maximum Gasteiger partial charge on any atom is 0.244 e. The maximum atomic E-state index is 10.4. The summed E-state index contributed by atoms with van der Waals surface area (Å²) >= 11 is 5.15. The Morgan fingerprint density at radius 3 is 1.67 bits per heavy atom. The van der Waals surface area contributed by atoms with Crippen molar-refractivity contribution < 1.29 is 9.59 Å². The van der Waals surface area contributed by atoms with E-state index in [1.165, 1.54) is 0 Å². The van der Waals surface area contributed by atoms with Gasteiger partial charge in [-0.1, -0.05) is 0 Å². The fraction of sp³-hybridized carbons (Fsp3) is 0.500. The van der Waals surface area contributed by atoms with Crippen molar-refractivity contribution in [2.75, 3.05) is 0 Å². The molecule has 0 aromatic carbocycles. The number of hydrogen-bond donors (Lipinski definition) is 0. The molecule has 1 aliphatic rings. The van der Waals surface area contributed by atoms with Crippen LogP contribution in [0.15, 0.2) is 0 Å². The van der Waals surface area contributed by atoms with Crippen molar-refractivity contribution in [2.45, 2.75) is 12.8 Å². The maximum absolute atomic E-state index is 10.4. The molecule has 0 bridgehead atoms. The van der Waals surface area contributed by atoms with E-state index in [1.807, 2.05) is 0 Å². The Morgan fingerprint density at radius 2 is 1.56 bits per heavy atom. The molecule has 0 spiro atoms. The van der Waals surface area contributed by atoms with Crippen LogP contribution in [-0.4, -0.2) is 45.8 Å². The zero-order chi connectivity index (χ0) is 6.15. The Hall–Kier alpha value is 0.430. The van der Waals surface area contributed by atoms with Crippen LogP contribution >= 0.6 is 11.8 Å². The second-order valence-electron chi connectivity index (χ2n) is 1.57. The van der Waals surface area contributed by atoms with Gasteiger partial charge in [0.1, 0.15) is 0 Å². The summed E-state index contributed by atoms with van der Waals surface area (Å²) in [5, 5.41) is 0. The number of nitrogens with zero attached hydrogens (tertiary/aromatic N) is 1. The average Bonchev–Trinajstić information content (AvgIpc) is 1.98. The average molecular weight is 157 g/mol. The summed E-state index contributed by atoms with van der Waals surface area (Å²) in [6.07, 6.45) is 0.532. The fourth-order valence-electron chi connectivity index (χ4n) is 0.549. The second kappa shape index (κ2) is 3.56. The van der Waals surface area contributed by atoms with E-state index in [0.717, 1.165) is 0 Å². The molecule has 0 saturated carbocycles. The van der Waals surface area contributed by atoms with Gasteiger partial charge in [0.15, 0.2) is 0 Å². The van der Waals surface area contributed by atoms with Crippen LogP contribution in [0, 0.1) is 0 Å². The standard InChI is InChI=1S/C4H4ClNO2.Na/c5-6-3(7)1-2-4(6)8;/h1-2H2;. The van der Waals surface area contributed by atoms with Gasteiger partial charge < -0.3 is 0 Å². The summed E-state index contributed by atoms with van der Waals surface area (Å²) in [7, 11) is 0. The molecule has 0 unspecified atom stereocenters. The molecule has 1 radical (unpaired) electrons. The number of amides is 2. The topological polar surface area (TPSA) is 37.4 Å². The van der Waals surface area contributed by atoms with E-state index >= 15 is 0 Å². The van der Waals surface area contributed by atoms with Gasteiger partial charge in [0.25, 0.3) is 0 Å². The number of hydrogen-bond acceptors (Lipinski definition) is 2. The molecule has 1 aliphatic heterocycles. The third-order valence-electron chi connectivity index (χ3n) is 0.991. The summed E-state index contributed by atoms with van der Waals surface area (Å²) in [5.74, 6) is -0.590. The summed E-state index contributed by atoms with van der Waals surface area (Å²) < 4.78 is 0.639. The molecule has 9 heavy (non-hydrogen) atoms. The van der Waals surface area contributed by atoms with Gasteiger partial charge in [-0.3, -0.25) is 9.59 Å². The Balaban J connectivity index is 0.000000640. The first-order chi connectivity index (χ1) is 3.72. The molecule has 1 fully saturated rings. The number of rotatable bonds is 0. The first-order valence-corrected chi connectivity index (χ1v) is 2.57.